The molecule has 0 fully saturated rings. The first-order valence-corrected chi connectivity index (χ1v) is 18.7. The number of hydrogen-bond donors (Lipinski definition) is 0. The van der Waals surface area contributed by atoms with E-state index < -0.39 is 0 Å². The van der Waals surface area contributed by atoms with E-state index in [4.69, 9.17) is 9.97 Å². The lowest BCUT2D eigenvalue weighted by Crippen LogP contribution is -1.96. The molecule has 0 atom stereocenters. The number of aromatic nitrogens is 3. The van der Waals surface area contributed by atoms with Crippen LogP contribution in [0, 0.1) is 0 Å². The largest absolute Gasteiger partial charge is 0.264 e. The van der Waals surface area contributed by atoms with Crippen LogP contribution < -0.4 is 0 Å². The summed E-state index contributed by atoms with van der Waals surface area (Å²) in [6.45, 7) is 0. The average Bonchev–Trinajstić information content (AvgIpc) is 3.62. The molecular weight excluding hydrogens is 663 g/mol. The van der Waals surface area contributed by atoms with E-state index in [2.05, 4.69) is 163 Å². The number of fused-ring (bicyclic) bond motifs is 9. The number of rotatable bonds is 4. The van der Waals surface area contributed by atoms with Gasteiger partial charge in [0.05, 0.1) is 15.9 Å². The van der Waals surface area contributed by atoms with Crippen molar-refractivity contribution in [2.45, 2.75) is 0 Å². The predicted molar refractivity (Wildman–Crippen MR) is 224 cm³/mol. The Balaban J connectivity index is 1.24. The summed E-state index contributed by atoms with van der Waals surface area (Å²) < 4.78 is 2.30. The molecule has 3 nitrogen and oxygen atoms in total. The van der Waals surface area contributed by atoms with Crippen LogP contribution in [0.5, 0.6) is 0 Å². The van der Waals surface area contributed by atoms with Crippen LogP contribution in [0.25, 0.3) is 108 Å². The molecule has 11 rings (SSSR count). The predicted octanol–water partition coefficient (Wildman–Crippen LogP) is 13.5. The molecule has 0 aliphatic heterocycles. The van der Waals surface area contributed by atoms with Gasteiger partial charge in [-0.2, -0.15) is 0 Å². The number of nitrogens with zero attached hydrogens (tertiary/aromatic N) is 3. The van der Waals surface area contributed by atoms with Gasteiger partial charge in [0.15, 0.2) is 5.82 Å². The summed E-state index contributed by atoms with van der Waals surface area (Å²) in [5, 5.41) is 10.9. The number of hydrogen-bond acceptors (Lipinski definition) is 4. The molecule has 246 valence electrons. The van der Waals surface area contributed by atoms with E-state index in [1.165, 1.54) is 53.4 Å². The monoisotopic (exact) mass is 691 g/mol. The first kappa shape index (κ1) is 29.9. The Morgan fingerprint density at radius 2 is 0.962 bits per heavy atom. The highest BCUT2D eigenvalue weighted by Gasteiger charge is 2.20. The van der Waals surface area contributed by atoms with Gasteiger partial charge in [-0.25, -0.2) is 9.97 Å². The van der Waals surface area contributed by atoms with Crippen LogP contribution in [-0.4, -0.2) is 15.0 Å². The van der Waals surface area contributed by atoms with Gasteiger partial charge in [-0.15, -0.1) is 11.3 Å². The summed E-state index contributed by atoms with van der Waals surface area (Å²) in [5.41, 5.74) is 8.41. The second kappa shape index (κ2) is 11.9. The first-order chi connectivity index (χ1) is 26.3. The third kappa shape index (κ3) is 4.84. The zero-order valence-corrected chi connectivity index (χ0v) is 29.3. The Bertz CT molecular complexity index is 3240. The molecule has 0 amide bonds. The van der Waals surface area contributed by atoms with Gasteiger partial charge >= 0.3 is 0 Å². The van der Waals surface area contributed by atoms with Crippen molar-refractivity contribution >= 4 is 74.7 Å². The maximum absolute atomic E-state index is 5.56. The highest BCUT2D eigenvalue weighted by molar-refractivity contribution is 7.26. The Morgan fingerprint density at radius 3 is 1.66 bits per heavy atom. The van der Waals surface area contributed by atoms with Crippen LogP contribution in [0.1, 0.15) is 0 Å². The van der Waals surface area contributed by atoms with E-state index in [-0.39, 0.29) is 0 Å². The molecule has 0 saturated heterocycles. The molecule has 4 heteroatoms. The van der Waals surface area contributed by atoms with Crippen LogP contribution in [0.4, 0.5) is 0 Å². The van der Waals surface area contributed by atoms with Crippen molar-refractivity contribution in [2.24, 2.45) is 0 Å². The van der Waals surface area contributed by atoms with E-state index in [1.807, 2.05) is 18.5 Å². The Kier molecular flexibility index (Phi) is 6.73. The Hall–Kier alpha value is -6.75. The van der Waals surface area contributed by atoms with Crippen LogP contribution in [0.2, 0.25) is 0 Å². The molecule has 0 bridgehead atoms. The number of thiophene rings is 1. The van der Waals surface area contributed by atoms with E-state index in [0.717, 1.165) is 49.1 Å². The third-order valence-electron chi connectivity index (χ3n) is 10.5. The molecule has 3 heterocycles. The van der Waals surface area contributed by atoms with E-state index in [9.17, 15) is 0 Å². The van der Waals surface area contributed by atoms with Crippen molar-refractivity contribution in [2.75, 3.05) is 0 Å². The van der Waals surface area contributed by atoms with Gasteiger partial charge in [0.25, 0.3) is 0 Å². The maximum Gasteiger partial charge on any atom is 0.160 e. The lowest BCUT2D eigenvalue weighted by Gasteiger charge is -2.15. The molecule has 0 unspecified atom stereocenters. The van der Waals surface area contributed by atoms with Crippen molar-refractivity contribution < 1.29 is 0 Å². The fourth-order valence-corrected chi connectivity index (χ4v) is 9.20. The van der Waals surface area contributed by atoms with E-state index >= 15 is 0 Å². The van der Waals surface area contributed by atoms with Crippen LogP contribution in [0.3, 0.4) is 0 Å². The van der Waals surface area contributed by atoms with Gasteiger partial charge in [-0.3, -0.25) is 4.98 Å². The van der Waals surface area contributed by atoms with Gasteiger partial charge in [0.2, 0.25) is 0 Å². The van der Waals surface area contributed by atoms with Crippen LogP contribution in [0.15, 0.2) is 176 Å². The zero-order valence-electron chi connectivity index (χ0n) is 28.5. The lowest BCUT2D eigenvalue weighted by atomic mass is 9.90. The lowest BCUT2D eigenvalue weighted by molar-refractivity contribution is 1.24. The fourth-order valence-electron chi connectivity index (χ4n) is 8.06. The van der Waals surface area contributed by atoms with Crippen molar-refractivity contribution in [1.82, 2.24) is 15.0 Å². The van der Waals surface area contributed by atoms with Crippen LogP contribution >= 0.6 is 11.3 Å². The average molecular weight is 692 g/mol. The molecule has 0 spiro atoms. The Labute approximate surface area is 309 Å². The summed E-state index contributed by atoms with van der Waals surface area (Å²) in [5.74, 6) is 0.699. The number of benzene rings is 8. The van der Waals surface area contributed by atoms with Crippen molar-refractivity contribution in [3.8, 4) is 44.9 Å². The molecular formula is C49H29N3S. The minimum Gasteiger partial charge on any atom is -0.264 e. The highest BCUT2D eigenvalue weighted by atomic mass is 32.1. The second-order valence-electron chi connectivity index (χ2n) is 13.6. The fraction of sp³-hybridized carbons (Fsp3) is 0. The minimum atomic E-state index is 0.699. The summed E-state index contributed by atoms with van der Waals surface area (Å²) in [6.07, 6.45) is 3.76. The zero-order chi connectivity index (χ0) is 34.9. The van der Waals surface area contributed by atoms with E-state index in [1.54, 1.807) is 11.3 Å². The quantitative estimate of drug-likeness (QED) is 0.172. The highest BCUT2D eigenvalue weighted by Crippen LogP contribution is 2.44. The smallest absolute Gasteiger partial charge is 0.160 e. The first-order valence-electron chi connectivity index (χ1n) is 17.8. The molecule has 53 heavy (non-hydrogen) atoms. The van der Waals surface area contributed by atoms with Crippen LogP contribution in [-0.2, 0) is 0 Å². The van der Waals surface area contributed by atoms with Crippen molar-refractivity contribution in [3.63, 3.8) is 0 Å². The second-order valence-corrected chi connectivity index (χ2v) is 14.6. The van der Waals surface area contributed by atoms with Crippen molar-refractivity contribution in [1.29, 1.82) is 0 Å². The minimum absolute atomic E-state index is 0.699. The van der Waals surface area contributed by atoms with Crippen molar-refractivity contribution in [3.05, 3.63) is 176 Å². The molecule has 0 radical (unpaired) electrons. The molecule has 3 aromatic heterocycles. The summed E-state index contributed by atoms with van der Waals surface area (Å²) >= 11 is 1.77. The Morgan fingerprint density at radius 1 is 0.396 bits per heavy atom. The molecule has 11 aromatic rings. The standard InChI is InChI=1S/C49H29N3S/c1-3-15-36-30(12-1)27-43(40-19-7-5-17-38(36)40)34-24-33(32-14-11-23-50-29-32)25-35(26-34)49-51-46-42-21-9-10-22-45(42)53-48(46)47(52-49)44-28-31-13-2-4-16-37(31)39-18-6-8-20-41(39)44/h1-29H. The van der Waals surface area contributed by atoms with E-state index in [0.29, 0.717) is 5.82 Å². The normalized spacial score (nSPS) is 11.8. The summed E-state index contributed by atoms with van der Waals surface area (Å²) in [6, 6.07) is 58.8. The SMILES string of the molecule is c1cncc(-c2cc(-c3nc(-c4cc5ccccc5c5ccccc45)c4sc5ccccc5c4n3)cc(-c3cc4ccccc4c4ccccc34)c2)c1. The molecule has 0 N–H and O–H groups in total. The van der Waals surface area contributed by atoms with Gasteiger partial charge in [-0.1, -0.05) is 121 Å². The molecule has 0 aliphatic rings. The van der Waals surface area contributed by atoms with Gasteiger partial charge < -0.3 is 0 Å². The third-order valence-corrected chi connectivity index (χ3v) is 11.7. The topological polar surface area (TPSA) is 38.7 Å². The molecule has 0 aliphatic carbocycles. The molecule has 0 saturated carbocycles. The molecule has 8 aromatic carbocycles. The van der Waals surface area contributed by atoms with Gasteiger partial charge in [-0.05, 0) is 102 Å². The summed E-state index contributed by atoms with van der Waals surface area (Å²) in [7, 11) is 0. The summed E-state index contributed by atoms with van der Waals surface area (Å²) in [4.78, 5) is 15.5. The maximum atomic E-state index is 5.56. The van der Waals surface area contributed by atoms with Gasteiger partial charge in [0, 0.05) is 39.2 Å². The van der Waals surface area contributed by atoms with Gasteiger partial charge in [0.1, 0.15) is 0 Å². The number of pyridine rings is 1.